The standard InChI is InChI=1S/C19H25NO4S2/c1-13-11-14(2)19(15(3)12-13)26(22,23)20-18(16(4)24-25(5)21)17-9-7-6-8-10-17/h6-12,16,18,20H,1-5H3/t16-,18-,25?/m1/s1. The number of aryl methyl sites for hydroxylation is 3. The van der Waals surface area contributed by atoms with Crippen LogP contribution in [0.2, 0.25) is 0 Å². The molecule has 2 aromatic rings. The summed E-state index contributed by atoms with van der Waals surface area (Å²) in [4.78, 5) is 0.272. The van der Waals surface area contributed by atoms with E-state index in [0.29, 0.717) is 11.1 Å². The van der Waals surface area contributed by atoms with Gasteiger partial charge in [0.25, 0.3) is 0 Å². The van der Waals surface area contributed by atoms with E-state index >= 15 is 0 Å². The van der Waals surface area contributed by atoms with Crippen LogP contribution in [0.25, 0.3) is 0 Å². The van der Waals surface area contributed by atoms with Gasteiger partial charge in [-0.2, -0.15) is 4.18 Å². The van der Waals surface area contributed by atoms with E-state index in [1.165, 1.54) is 6.26 Å². The minimum Gasteiger partial charge on any atom is -0.586 e. The van der Waals surface area contributed by atoms with E-state index in [1.54, 1.807) is 20.8 Å². The summed E-state index contributed by atoms with van der Waals surface area (Å²) in [5.74, 6) is 0. The third-order valence-electron chi connectivity index (χ3n) is 4.07. The molecule has 0 bridgehead atoms. The summed E-state index contributed by atoms with van der Waals surface area (Å²) in [7, 11) is -3.80. The maximum Gasteiger partial charge on any atom is 0.241 e. The summed E-state index contributed by atoms with van der Waals surface area (Å²) < 4.78 is 45.8. The second-order valence-electron chi connectivity index (χ2n) is 6.44. The molecule has 0 fully saturated rings. The van der Waals surface area contributed by atoms with Crippen molar-refractivity contribution in [2.75, 3.05) is 6.26 Å². The molecule has 0 saturated heterocycles. The van der Waals surface area contributed by atoms with Crippen molar-refractivity contribution in [3.05, 3.63) is 64.7 Å². The molecule has 0 heterocycles. The van der Waals surface area contributed by atoms with Gasteiger partial charge in [-0.05, 0) is 44.4 Å². The summed E-state index contributed by atoms with van der Waals surface area (Å²) >= 11 is -1.51. The zero-order valence-corrected chi connectivity index (χ0v) is 17.3. The van der Waals surface area contributed by atoms with Gasteiger partial charge in [0, 0.05) is 0 Å². The lowest BCUT2D eigenvalue weighted by Crippen LogP contribution is -2.37. The lowest BCUT2D eigenvalue weighted by molar-refractivity contribution is 0.191. The van der Waals surface area contributed by atoms with Crippen molar-refractivity contribution in [1.82, 2.24) is 4.72 Å². The minimum absolute atomic E-state index is 0.272. The van der Waals surface area contributed by atoms with E-state index in [0.717, 1.165) is 11.1 Å². The van der Waals surface area contributed by atoms with Gasteiger partial charge < -0.3 is 4.55 Å². The van der Waals surface area contributed by atoms with Crippen LogP contribution in [0.15, 0.2) is 47.4 Å². The summed E-state index contributed by atoms with van der Waals surface area (Å²) in [6.07, 6.45) is 0.811. The van der Waals surface area contributed by atoms with Gasteiger partial charge in [0.05, 0.1) is 10.9 Å². The molecule has 142 valence electrons. The van der Waals surface area contributed by atoms with Gasteiger partial charge in [-0.25, -0.2) is 13.1 Å². The average molecular weight is 396 g/mol. The maximum absolute atomic E-state index is 13.1. The van der Waals surface area contributed by atoms with Crippen LogP contribution in [-0.2, 0) is 25.7 Å². The Labute approximate surface area is 159 Å². The Kier molecular flexibility index (Phi) is 6.87. The van der Waals surface area contributed by atoms with E-state index in [2.05, 4.69) is 4.72 Å². The van der Waals surface area contributed by atoms with Crippen LogP contribution in [0, 0.1) is 20.8 Å². The Hall–Kier alpha value is -1.38. The molecule has 0 aliphatic carbocycles. The quantitative estimate of drug-likeness (QED) is 0.730. The van der Waals surface area contributed by atoms with Gasteiger partial charge in [0.15, 0.2) is 0 Å². The van der Waals surface area contributed by atoms with Crippen LogP contribution in [0.4, 0.5) is 0 Å². The van der Waals surface area contributed by atoms with Crippen LogP contribution < -0.4 is 4.72 Å². The van der Waals surface area contributed by atoms with Crippen LogP contribution in [0.3, 0.4) is 0 Å². The Bertz CT molecular complexity index is 828. The van der Waals surface area contributed by atoms with Crippen molar-refractivity contribution in [3.8, 4) is 0 Å². The molecule has 1 unspecified atom stereocenters. The van der Waals surface area contributed by atoms with Crippen LogP contribution in [-0.4, -0.2) is 25.3 Å². The number of sulfonamides is 1. The molecular weight excluding hydrogens is 370 g/mol. The molecule has 7 heteroatoms. The van der Waals surface area contributed by atoms with Crippen molar-refractivity contribution in [2.24, 2.45) is 0 Å². The van der Waals surface area contributed by atoms with Crippen molar-refractivity contribution in [2.45, 2.75) is 44.7 Å². The molecule has 0 aliphatic rings. The van der Waals surface area contributed by atoms with Crippen molar-refractivity contribution in [1.29, 1.82) is 0 Å². The van der Waals surface area contributed by atoms with Crippen molar-refractivity contribution in [3.63, 3.8) is 0 Å². The zero-order chi connectivity index (χ0) is 19.5. The highest BCUT2D eigenvalue weighted by atomic mass is 32.2. The van der Waals surface area contributed by atoms with Crippen LogP contribution in [0.5, 0.6) is 0 Å². The minimum atomic E-state index is -3.80. The van der Waals surface area contributed by atoms with Gasteiger partial charge in [0.1, 0.15) is 23.8 Å². The highest BCUT2D eigenvalue weighted by Crippen LogP contribution is 2.27. The van der Waals surface area contributed by atoms with Crippen molar-refractivity contribution >= 4 is 21.5 Å². The second kappa shape index (κ2) is 8.54. The monoisotopic (exact) mass is 395 g/mol. The summed E-state index contributed by atoms with van der Waals surface area (Å²) in [5, 5.41) is 0. The Morgan fingerprint density at radius 1 is 1.08 bits per heavy atom. The van der Waals surface area contributed by atoms with Crippen LogP contribution >= 0.6 is 0 Å². The fourth-order valence-corrected chi connectivity index (χ4v) is 5.47. The average Bonchev–Trinajstić information content (AvgIpc) is 2.51. The van der Waals surface area contributed by atoms with E-state index in [9.17, 15) is 13.0 Å². The van der Waals surface area contributed by atoms with E-state index in [-0.39, 0.29) is 4.90 Å². The zero-order valence-electron chi connectivity index (χ0n) is 15.6. The molecule has 3 atom stereocenters. The number of rotatable bonds is 7. The molecule has 0 radical (unpaired) electrons. The van der Waals surface area contributed by atoms with E-state index in [4.69, 9.17) is 4.18 Å². The van der Waals surface area contributed by atoms with E-state index < -0.39 is 33.6 Å². The molecule has 0 saturated carbocycles. The molecule has 5 nitrogen and oxygen atoms in total. The highest BCUT2D eigenvalue weighted by molar-refractivity contribution is 7.89. The molecule has 2 aromatic carbocycles. The summed E-state index contributed by atoms with van der Waals surface area (Å²) in [6.45, 7) is 7.21. The van der Waals surface area contributed by atoms with E-state index in [1.807, 2.05) is 49.4 Å². The Morgan fingerprint density at radius 2 is 1.62 bits per heavy atom. The third kappa shape index (κ3) is 5.08. The predicted octanol–water partition coefficient (Wildman–Crippen LogP) is 3.33. The molecule has 1 N–H and O–H groups in total. The van der Waals surface area contributed by atoms with Gasteiger partial charge >= 0.3 is 0 Å². The number of hydrogen-bond donors (Lipinski definition) is 1. The lowest BCUT2D eigenvalue weighted by Gasteiger charge is -2.25. The molecule has 0 aliphatic heterocycles. The van der Waals surface area contributed by atoms with Gasteiger partial charge in [-0.3, -0.25) is 0 Å². The normalized spacial score (nSPS) is 15.5. The first kappa shape index (κ1) is 20.9. The number of hydrogen-bond acceptors (Lipinski definition) is 4. The molecule has 0 spiro atoms. The number of nitrogens with one attached hydrogen (secondary N) is 1. The van der Waals surface area contributed by atoms with Gasteiger partial charge in [-0.1, -0.05) is 48.0 Å². The lowest BCUT2D eigenvalue weighted by atomic mass is 10.0. The van der Waals surface area contributed by atoms with Crippen molar-refractivity contribution < 1.29 is 17.2 Å². The first-order chi connectivity index (χ1) is 12.1. The highest BCUT2D eigenvalue weighted by Gasteiger charge is 2.30. The van der Waals surface area contributed by atoms with Crippen LogP contribution in [0.1, 0.15) is 35.2 Å². The molecule has 2 rings (SSSR count). The fraction of sp³-hybridized carbons (Fsp3) is 0.368. The first-order valence-electron chi connectivity index (χ1n) is 8.27. The fourth-order valence-electron chi connectivity index (χ4n) is 3.18. The SMILES string of the molecule is Cc1cc(C)c(S(=O)(=O)N[C@@H](c2ccccc2)[C@@H](C)O[S+](C)[O-])c(C)c1. The predicted molar refractivity (Wildman–Crippen MR) is 105 cm³/mol. The molecule has 0 aromatic heterocycles. The topological polar surface area (TPSA) is 78.5 Å². The largest absolute Gasteiger partial charge is 0.586 e. The maximum atomic E-state index is 13.1. The Morgan fingerprint density at radius 3 is 2.12 bits per heavy atom. The number of benzene rings is 2. The van der Waals surface area contributed by atoms with Gasteiger partial charge in [0.2, 0.25) is 10.0 Å². The first-order valence-corrected chi connectivity index (χ1v) is 11.2. The smallest absolute Gasteiger partial charge is 0.241 e. The summed E-state index contributed by atoms with van der Waals surface area (Å²) in [5.41, 5.74) is 3.14. The molecule has 0 amide bonds. The Balaban J connectivity index is 2.44. The molecule has 26 heavy (non-hydrogen) atoms. The summed E-state index contributed by atoms with van der Waals surface area (Å²) in [6, 6.07) is 12.2. The third-order valence-corrected chi connectivity index (χ3v) is 6.39. The molecular formula is C19H25NO4S2. The van der Waals surface area contributed by atoms with Gasteiger partial charge in [-0.15, -0.1) is 0 Å². The second-order valence-corrected chi connectivity index (χ2v) is 9.09.